The zero-order valence-corrected chi connectivity index (χ0v) is 10.9. The van der Waals surface area contributed by atoms with E-state index >= 15 is 0 Å². The maximum Gasteiger partial charge on any atom is 0.173 e. The van der Waals surface area contributed by atoms with Crippen LogP contribution in [0.1, 0.15) is 12.5 Å². The Hall–Kier alpha value is -1.88. The standard InChI is InChI=1S/C13H14N4S/c1-2-17-8-10(16-13(17)18)6-9-7-15-11-4-3-5-14-12(9)11/h3-7,15H,2,8H2,1H3,(H,16,18)/b10-6-. The van der Waals surface area contributed by atoms with Gasteiger partial charge >= 0.3 is 0 Å². The van der Waals surface area contributed by atoms with Gasteiger partial charge in [-0.15, -0.1) is 0 Å². The molecule has 0 aliphatic carbocycles. The minimum Gasteiger partial charge on any atom is -0.359 e. The Morgan fingerprint density at radius 1 is 1.56 bits per heavy atom. The van der Waals surface area contributed by atoms with Gasteiger partial charge in [-0.2, -0.15) is 0 Å². The fraction of sp³-hybridized carbons (Fsp3) is 0.231. The molecule has 0 radical (unpaired) electrons. The van der Waals surface area contributed by atoms with E-state index in [2.05, 4.69) is 33.2 Å². The zero-order chi connectivity index (χ0) is 12.5. The summed E-state index contributed by atoms with van der Waals surface area (Å²) < 4.78 is 0. The Bertz CT molecular complexity index is 629. The van der Waals surface area contributed by atoms with Crippen LogP contribution in [0.25, 0.3) is 17.1 Å². The van der Waals surface area contributed by atoms with Crippen molar-refractivity contribution in [1.29, 1.82) is 0 Å². The fourth-order valence-electron chi connectivity index (χ4n) is 2.14. The van der Waals surface area contributed by atoms with Crippen molar-refractivity contribution in [2.45, 2.75) is 6.92 Å². The van der Waals surface area contributed by atoms with E-state index < -0.39 is 0 Å². The number of H-pyrrole nitrogens is 1. The van der Waals surface area contributed by atoms with Crippen molar-refractivity contribution in [2.24, 2.45) is 0 Å². The lowest BCUT2D eigenvalue weighted by atomic mass is 10.2. The van der Waals surface area contributed by atoms with E-state index in [-0.39, 0.29) is 0 Å². The average Bonchev–Trinajstić information content (AvgIpc) is 2.94. The Balaban J connectivity index is 1.95. The molecule has 0 saturated carbocycles. The molecular weight excluding hydrogens is 244 g/mol. The highest BCUT2D eigenvalue weighted by Crippen LogP contribution is 2.19. The number of nitrogens with one attached hydrogen (secondary N) is 2. The summed E-state index contributed by atoms with van der Waals surface area (Å²) in [5.74, 6) is 0. The van der Waals surface area contributed by atoms with Gasteiger partial charge in [0.15, 0.2) is 5.11 Å². The second-order valence-corrected chi connectivity index (χ2v) is 4.64. The van der Waals surface area contributed by atoms with Gasteiger partial charge < -0.3 is 15.2 Å². The maximum atomic E-state index is 5.26. The van der Waals surface area contributed by atoms with Crippen LogP contribution in [0.3, 0.4) is 0 Å². The average molecular weight is 258 g/mol. The number of hydrogen-bond acceptors (Lipinski definition) is 2. The largest absolute Gasteiger partial charge is 0.359 e. The molecule has 1 fully saturated rings. The predicted octanol–water partition coefficient (Wildman–Crippen LogP) is 2.11. The van der Waals surface area contributed by atoms with Crippen LogP contribution in [0.4, 0.5) is 0 Å². The molecule has 0 bridgehead atoms. The Kier molecular flexibility index (Phi) is 2.76. The third kappa shape index (κ3) is 1.86. The second kappa shape index (κ2) is 4.42. The number of likely N-dealkylation sites (N-methyl/N-ethyl adjacent to an activating group) is 1. The second-order valence-electron chi connectivity index (χ2n) is 4.26. The molecule has 1 saturated heterocycles. The summed E-state index contributed by atoms with van der Waals surface area (Å²) >= 11 is 5.26. The van der Waals surface area contributed by atoms with Crippen molar-refractivity contribution in [3.63, 3.8) is 0 Å². The summed E-state index contributed by atoms with van der Waals surface area (Å²) in [5.41, 5.74) is 4.26. The monoisotopic (exact) mass is 258 g/mol. The SMILES string of the molecule is CCN1C/C(=C/c2c[nH]c3cccnc23)NC1=S. The molecule has 0 aromatic carbocycles. The summed E-state index contributed by atoms with van der Waals surface area (Å²) in [6, 6.07) is 3.95. The van der Waals surface area contributed by atoms with Gasteiger partial charge in [-0.25, -0.2) is 0 Å². The van der Waals surface area contributed by atoms with Crippen LogP contribution in [-0.2, 0) is 0 Å². The third-order valence-corrected chi connectivity index (χ3v) is 3.45. The molecule has 1 aliphatic rings. The minimum atomic E-state index is 0.802. The quantitative estimate of drug-likeness (QED) is 0.810. The van der Waals surface area contributed by atoms with Crippen LogP contribution >= 0.6 is 12.2 Å². The molecule has 18 heavy (non-hydrogen) atoms. The lowest BCUT2D eigenvalue weighted by Gasteiger charge is -2.11. The molecule has 3 rings (SSSR count). The summed E-state index contributed by atoms with van der Waals surface area (Å²) in [5, 5.41) is 4.04. The van der Waals surface area contributed by atoms with E-state index in [1.54, 1.807) is 0 Å². The van der Waals surface area contributed by atoms with Gasteiger partial charge in [0, 0.05) is 30.2 Å². The third-order valence-electron chi connectivity index (χ3n) is 3.09. The Morgan fingerprint density at radius 2 is 2.44 bits per heavy atom. The van der Waals surface area contributed by atoms with Gasteiger partial charge in [0.1, 0.15) is 0 Å². The first kappa shape index (κ1) is 11.2. The molecule has 0 spiro atoms. The number of pyridine rings is 1. The molecule has 0 unspecified atom stereocenters. The first-order chi connectivity index (χ1) is 8.78. The van der Waals surface area contributed by atoms with E-state index in [1.807, 2.05) is 24.5 Å². The number of nitrogens with zero attached hydrogens (tertiary/aromatic N) is 2. The van der Waals surface area contributed by atoms with Crippen molar-refractivity contribution < 1.29 is 0 Å². The molecule has 3 heterocycles. The fourth-order valence-corrected chi connectivity index (χ4v) is 2.47. The van der Waals surface area contributed by atoms with Crippen LogP contribution in [0.5, 0.6) is 0 Å². The lowest BCUT2D eigenvalue weighted by molar-refractivity contribution is 0.510. The predicted molar refractivity (Wildman–Crippen MR) is 77.1 cm³/mol. The normalized spacial score (nSPS) is 17.7. The van der Waals surface area contributed by atoms with Crippen LogP contribution in [-0.4, -0.2) is 33.1 Å². The van der Waals surface area contributed by atoms with Gasteiger partial charge in [0.05, 0.1) is 17.6 Å². The van der Waals surface area contributed by atoms with E-state index in [0.29, 0.717) is 0 Å². The van der Waals surface area contributed by atoms with E-state index in [1.165, 1.54) is 0 Å². The van der Waals surface area contributed by atoms with Gasteiger partial charge in [-0.3, -0.25) is 4.98 Å². The highest BCUT2D eigenvalue weighted by molar-refractivity contribution is 7.80. The molecule has 1 aliphatic heterocycles. The molecule has 92 valence electrons. The van der Waals surface area contributed by atoms with E-state index in [0.717, 1.165) is 40.5 Å². The summed E-state index contributed by atoms with van der Waals surface area (Å²) in [4.78, 5) is 9.74. The van der Waals surface area contributed by atoms with Gasteiger partial charge in [0.2, 0.25) is 0 Å². The van der Waals surface area contributed by atoms with Crippen molar-refractivity contribution in [1.82, 2.24) is 20.2 Å². The number of thiocarbonyl (C=S) groups is 1. The molecule has 4 nitrogen and oxygen atoms in total. The van der Waals surface area contributed by atoms with Gasteiger partial charge in [-0.1, -0.05) is 0 Å². The molecule has 2 N–H and O–H groups in total. The van der Waals surface area contributed by atoms with Gasteiger partial charge in [0.25, 0.3) is 0 Å². The molecule has 0 atom stereocenters. The molecule has 2 aromatic rings. The van der Waals surface area contributed by atoms with Gasteiger partial charge in [-0.05, 0) is 37.4 Å². The smallest absolute Gasteiger partial charge is 0.173 e. The number of aromatic nitrogens is 2. The Labute approximate surface area is 111 Å². The summed E-state index contributed by atoms with van der Waals surface area (Å²) in [6.45, 7) is 3.87. The highest BCUT2D eigenvalue weighted by atomic mass is 32.1. The van der Waals surface area contributed by atoms with Crippen molar-refractivity contribution in [2.75, 3.05) is 13.1 Å². The van der Waals surface area contributed by atoms with E-state index in [9.17, 15) is 0 Å². The maximum absolute atomic E-state index is 5.26. The lowest BCUT2D eigenvalue weighted by Crippen LogP contribution is -2.27. The van der Waals surface area contributed by atoms with Crippen LogP contribution in [0, 0.1) is 0 Å². The minimum absolute atomic E-state index is 0.802. The molecule has 2 aromatic heterocycles. The Morgan fingerprint density at radius 3 is 3.22 bits per heavy atom. The van der Waals surface area contributed by atoms with E-state index in [4.69, 9.17) is 12.2 Å². The van der Waals surface area contributed by atoms with Crippen LogP contribution < -0.4 is 5.32 Å². The van der Waals surface area contributed by atoms with Crippen molar-refractivity contribution in [3.05, 3.63) is 35.8 Å². The highest BCUT2D eigenvalue weighted by Gasteiger charge is 2.18. The zero-order valence-electron chi connectivity index (χ0n) is 10.1. The molecular formula is C13H14N4S. The summed E-state index contributed by atoms with van der Waals surface area (Å²) in [6.07, 6.45) is 5.89. The van der Waals surface area contributed by atoms with Crippen LogP contribution in [0.15, 0.2) is 30.2 Å². The number of hydrogen-bond donors (Lipinski definition) is 2. The number of fused-ring (bicyclic) bond motifs is 1. The van der Waals surface area contributed by atoms with Crippen molar-refractivity contribution in [3.8, 4) is 0 Å². The first-order valence-electron chi connectivity index (χ1n) is 5.96. The topological polar surface area (TPSA) is 44.0 Å². The number of rotatable bonds is 2. The summed E-state index contributed by atoms with van der Waals surface area (Å²) in [7, 11) is 0. The number of aromatic amines is 1. The molecule has 5 heteroatoms. The van der Waals surface area contributed by atoms with Crippen molar-refractivity contribution >= 4 is 34.4 Å². The first-order valence-corrected chi connectivity index (χ1v) is 6.37. The van der Waals surface area contributed by atoms with Crippen LogP contribution in [0.2, 0.25) is 0 Å². The molecule has 0 amide bonds.